The van der Waals surface area contributed by atoms with Gasteiger partial charge >= 0.3 is 0 Å². The molecule has 23 heavy (non-hydrogen) atoms. The second-order valence-corrected chi connectivity index (χ2v) is 5.83. The van der Waals surface area contributed by atoms with Gasteiger partial charge in [-0.2, -0.15) is 5.10 Å². The Kier molecular flexibility index (Phi) is 4.68. The van der Waals surface area contributed by atoms with Gasteiger partial charge in [-0.15, -0.1) is 11.8 Å². The van der Waals surface area contributed by atoms with E-state index in [0.717, 1.165) is 16.1 Å². The number of thioether (sulfide) groups is 1. The first-order valence-corrected chi connectivity index (χ1v) is 7.97. The van der Waals surface area contributed by atoms with Gasteiger partial charge in [0.15, 0.2) is 0 Å². The number of rotatable bonds is 4. The fraction of sp³-hybridized carbons (Fsp3) is 0.125. The molecule has 2 amide bonds. The Hall–Kier alpha value is -2.67. The summed E-state index contributed by atoms with van der Waals surface area (Å²) in [6.07, 6.45) is 4.80. The van der Waals surface area contributed by atoms with Gasteiger partial charge in [-0.05, 0) is 18.2 Å². The molecule has 0 saturated heterocycles. The maximum atomic E-state index is 12.1. The third-order valence-corrected chi connectivity index (χ3v) is 4.24. The Morgan fingerprint density at radius 3 is 3.04 bits per heavy atom. The third kappa shape index (κ3) is 3.75. The number of anilines is 1. The van der Waals surface area contributed by atoms with Crippen molar-refractivity contribution in [1.29, 1.82) is 0 Å². The van der Waals surface area contributed by atoms with E-state index in [9.17, 15) is 9.59 Å². The van der Waals surface area contributed by atoms with E-state index in [0.29, 0.717) is 5.75 Å². The zero-order valence-electron chi connectivity index (χ0n) is 12.2. The highest BCUT2D eigenvalue weighted by atomic mass is 32.2. The van der Waals surface area contributed by atoms with Crippen LogP contribution in [0.15, 0.2) is 58.8 Å². The molecule has 1 aliphatic rings. The number of hydrogen-bond donors (Lipinski definition) is 1. The largest absolute Gasteiger partial charge is 0.301 e. The molecule has 1 aromatic heterocycles. The fourth-order valence-corrected chi connectivity index (χ4v) is 3.07. The predicted octanol–water partition coefficient (Wildman–Crippen LogP) is 1.67. The van der Waals surface area contributed by atoms with Gasteiger partial charge in [0.1, 0.15) is 6.54 Å². The molecule has 0 bridgehead atoms. The van der Waals surface area contributed by atoms with Crippen molar-refractivity contribution in [2.45, 2.75) is 4.90 Å². The van der Waals surface area contributed by atoms with Crippen LogP contribution < -0.4 is 10.3 Å². The molecule has 1 N–H and O–H groups in total. The highest BCUT2D eigenvalue weighted by Crippen LogP contribution is 2.34. The third-order valence-electron chi connectivity index (χ3n) is 3.20. The summed E-state index contributed by atoms with van der Waals surface area (Å²) in [6, 6.07) is 11.2. The first-order valence-electron chi connectivity index (χ1n) is 6.98. The maximum absolute atomic E-state index is 12.1. The molecule has 6 nitrogen and oxygen atoms in total. The minimum atomic E-state index is -0.347. The number of amides is 2. The number of hydrazone groups is 1. The molecule has 0 fully saturated rings. The van der Waals surface area contributed by atoms with Crippen LogP contribution in [-0.2, 0) is 9.59 Å². The summed E-state index contributed by atoms with van der Waals surface area (Å²) in [5.74, 6) is -0.0937. The number of carbonyl (C=O) groups is 2. The van der Waals surface area contributed by atoms with Crippen molar-refractivity contribution in [3.63, 3.8) is 0 Å². The van der Waals surface area contributed by atoms with Crippen molar-refractivity contribution < 1.29 is 9.59 Å². The fourth-order valence-electron chi connectivity index (χ4n) is 2.14. The van der Waals surface area contributed by atoms with Crippen LogP contribution in [0.25, 0.3) is 0 Å². The molecule has 0 atom stereocenters. The molecule has 3 rings (SSSR count). The number of para-hydroxylation sites is 1. The molecule has 1 aromatic carbocycles. The minimum Gasteiger partial charge on any atom is -0.301 e. The number of nitrogens with one attached hydrogen (secondary N) is 1. The van der Waals surface area contributed by atoms with Gasteiger partial charge in [-0.1, -0.05) is 18.2 Å². The van der Waals surface area contributed by atoms with E-state index < -0.39 is 0 Å². The molecule has 0 spiro atoms. The first kappa shape index (κ1) is 15.2. The van der Waals surface area contributed by atoms with Crippen LogP contribution in [0.3, 0.4) is 0 Å². The van der Waals surface area contributed by atoms with Gasteiger partial charge in [0.2, 0.25) is 5.91 Å². The number of aromatic nitrogens is 1. The van der Waals surface area contributed by atoms with E-state index in [1.807, 2.05) is 30.3 Å². The van der Waals surface area contributed by atoms with Crippen LogP contribution >= 0.6 is 11.8 Å². The molecule has 1 aliphatic heterocycles. The maximum Gasteiger partial charge on any atom is 0.260 e. The summed E-state index contributed by atoms with van der Waals surface area (Å²) < 4.78 is 0. The summed E-state index contributed by atoms with van der Waals surface area (Å²) >= 11 is 1.48. The average Bonchev–Trinajstić information content (AvgIpc) is 2.58. The average molecular weight is 326 g/mol. The lowest BCUT2D eigenvalue weighted by Crippen LogP contribution is -2.42. The first-order chi connectivity index (χ1) is 11.2. The van der Waals surface area contributed by atoms with Crippen LogP contribution in [0, 0.1) is 0 Å². The van der Waals surface area contributed by atoms with Crippen molar-refractivity contribution >= 4 is 35.5 Å². The van der Waals surface area contributed by atoms with Crippen molar-refractivity contribution in [1.82, 2.24) is 10.4 Å². The standard InChI is InChI=1S/C16H14N4O2S/c21-15(19-18-9-12-4-3-7-17-8-12)10-20-13-5-1-2-6-14(13)23-11-16(20)22/h1-9H,10-11H2,(H,19,21)/b18-9-. The van der Waals surface area contributed by atoms with E-state index in [1.165, 1.54) is 22.9 Å². The Balaban J connectivity index is 1.64. The number of hydrogen-bond acceptors (Lipinski definition) is 5. The quantitative estimate of drug-likeness (QED) is 0.685. The van der Waals surface area contributed by atoms with Crippen LogP contribution in [0.5, 0.6) is 0 Å². The summed E-state index contributed by atoms with van der Waals surface area (Å²) in [4.78, 5) is 30.5. The summed E-state index contributed by atoms with van der Waals surface area (Å²) in [5, 5.41) is 3.88. The lowest BCUT2D eigenvalue weighted by molar-refractivity contribution is -0.122. The van der Waals surface area contributed by atoms with Crippen LogP contribution in [0.1, 0.15) is 5.56 Å². The lowest BCUT2D eigenvalue weighted by Gasteiger charge is -2.27. The van der Waals surface area contributed by atoms with Crippen molar-refractivity contribution in [2.24, 2.45) is 5.10 Å². The predicted molar refractivity (Wildman–Crippen MR) is 89.5 cm³/mol. The van der Waals surface area contributed by atoms with E-state index in [1.54, 1.807) is 18.5 Å². The molecule has 0 saturated carbocycles. The summed E-state index contributed by atoms with van der Waals surface area (Å²) in [5.41, 5.74) is 3.98. The van der Waals surface area contributed by atoms with Gasteiger partial charge in [0.25, 0.3) is 5.91 Å². The highest BCUT2D eigenvalue weighted by Gasteiger charge is 2.25. The number of fused-ring (bicyclic) bond motifs is 1. The van der Waals surface area contributed by atoms with Gasteiger partial charge in [-0.3, -0.25) is 14.6 Å². The molecule has 0 radical (unpaired) electrons. The van der Waals surface area contributed by atoms with Crippen LogP contribution in [0.4, 0.5) is 5.69 Å². The molecule has 2 aromatic rings. The van der Waals surface area contributed by atoms with Gasteiger partial charge < -0.3 is 4.90 Å². The van der Waals surface area contributed by atoms with Crippen molar-refractivity contribution in [2.75, 3.05) is 17.2 Å². The zero-order valence-corrected chi connectivity index (χ0v) is 13.0. The highest BCUT2D eigenvalue weighted by molar-refractivity contribution is 8.00. The SMILES string of the molecule is O=C(CN1C(=O)CSc2ccccc21)N/N=C\c1cccnc1. The van der Waals surface area contributed by atoms with Gasteiger partial charge in [0.05, 0.1) is 17.7 Å². The minimum absolute atomic E-state index is 0.0548. The normalized spacial score (nSPS) is 13.9. The Labute approximate surface area is 137 Å². The van der Waals surface area contributed by atoms with E-state index in [4.69, 9.17) is 0 Å². The number of benzene rings is 1. The Morgan fingerprint density at radius 2 is 2.22 bits per heavy atom. The molecular formula is C16H14N4O2S. The molecule has 2 heterocycles. The topological polar surface area (TPSA) is 74.7 Å². The molecular weight excluding hydrogens is 312 g/mol. The Morgan fingerprint density at radius 1 is 1.35 bits per heavy atom. The second-order valence-electron chi connectivity index (χ2n) is 4.82. The number of nitrogens with zero attached hydrogens (tertiary/aromatic N) is 3. The van der Waals surface area contributed by atoms with Crippen molar-refractivity contribution in [3.05, 3.63) is 54.4 Å². The van der Waals surface area contributed by atoms with Crippen LogP contribution in [0.2, 0.25) is 0 Å². The molecule has 0 aliphatic carbocycles. The smallest absolute Gasteiger partial charge is 0.260 e. The zero-order chi connectivity index (χ0) is 16.1. The van der Waals surface area contributed by atoms with Crippen molar-refractivity contribution in [3.8, 4) is 0 Å². The molecule has 116 valence electrons. The monoisotopic (exact) mass is 326 g/mol. The Bertz CT molecular complexity index is 749. The van der Waals surface area contributed by atoms with E-state index >= 15 is 0 Å². The number of pyridine rings is 1. The second kappa shape index (κ2) is 7.06. The van der Waals surface area contributed by atoms with Gasteiger partial charge in [-0.25, -0.2) is 5.43 Å². The molecule has 7 heteroatoms. The summed E-state index contributed by atoms with van der Waals surface area (Å²) in [7, 11) is 0. The lowest BCUT2D eigenvalue weighted by atomic mass is 10.2. The van der Waals surface area contributed by atoms with Gasteiger partial charge in [0, 0.05) is 22.9 Å². The van der Waals surface area contributed by atoms with Crippen LogP contribution in [-0.4, -0.2) is 35.3 Å². The number of carbonyl (C=O) groups excluding carboxylic acids is 2. The van der Waals surface area contributed by atoms with E-state index in [-0.39, 0.29) is 18.4 Å². The summed E-state index contributed by atoms with van der Waals surface area (Å²) in [6.45, 7) is -0.0548. The van der Waals surface area contributed by atoms with E-state index in [2.05, 4.69) is 15.5 Å². The molecule has 0 unspecified atom stereocenters.